The number of hydrazine groups is 1. The summed E-state index contributed by atoms with van der Waals surface area (Å²) >= 11 is 3.46. The monoisotopic (exact) mass is 350 g/mol. The van der Waals surface area contributed by atoms with Crippen molar-refractivity contribution in [2.75, 3.05) is 0 Å². The maximum atomic E-state index is 13.4. The normalized spacial score (nSPS) is 12.7. The van der Waals surface area contributed by atoms with Crippen LogP contribution in [0.25, 0.3) is 0 Å². The van der Waals surface area contributed by atoms with Gasteiger partial charge in [-0.05, 0) is 47.2 Å². The molecular formula is C17H20BrFN2. The van der Waals surface area contributed by atoms with E-state index in [9.17, 15) is 4.39 Å². The second kappa shape index (κ2) is 7.16. The summed E-state index contributed by atoms with van der Waals surface area (Å²) in [6.07, 6.45) is 0.621. The van der Waals surface area contributed by atoms with Gasteiger partial charge in [0.25, 0.3) is 0 Å². The average molecular weight is 351 g/mol. The van der Waals surface area contributed by atoms with Gasteiger partial charge in [-0.3, -0.25) is 11.3 Å². The highest BCUT2D eigenvalue weighted by molar-refractivity contribution is 9.10. The van der Waals surface area contributed by atoms with E-state index in [-0.39, 0.29) is 11.9 Å². The lowest BCUT2D eigenvalue weighted by atomic mass is 9.96. The molecule has 0 heterocycles. The van der Waals surface area contributed by atoms with Crippen LogP contribution in [0.4, 0.5) is 4.39 Å². The summed E-state index contributed by atoms with van der Waals surface area (Å²) in [5.74, 6) is 5.94. The Morgan fingerprint density at radius 1 is 1.10 bits per heavy atom. The van der Waals surface area contributed by atoms with Crippen LogP contribution in [0, 0.1) is 5.82 Å². The third-order valence-corrected chi connectivity index (χ3v) is 4.41. The fourth-order valence-corrected chi connectivity index (χ4v) is 2.71. The first-order valence-electron chi connectivity index (χ1n) is 7.01. The fraction of sp³-hybridized carbons (Fsp3) is 0.294. The van der Waals surface area contributed by atoms with Crippen molar-refractivity contribution >= 4 is 15.9 Å². The number of nitrogens with two attached hydrogens (primary N) is 1. The maximum absolute atomic E-state index is 13.4. The highest BCUT2D eigenvalue weighted by Gasteiger charge is 2.13. The van der Waals surface area contributed by atoms with E-state index in [1.807, 2.05) is 0 Å². The van der Waals surface area contributed by atoms with E-state index in [4.69, 9.17) is 5.84 Å². The molecule has 0 aromatic heterocycles. The number of hydrogen-bond donors (Lipinski definition) is 2. The lowest BCUT2D eigenvalue weighted by Crippen LogP contribution is -2.29. The van der Waals surface area contributed by atoms with Crippen molar-refractivity contribution in [3.05, 3.63) is 69.4 Å². The first-order chi connectivity index (χ1) is 10.0. The second-order valence-corrected chi connectivity index (χ2v) is 6.33. The molecule has 2 nitrogen and oxygen atoms in total. The standard InChI is InChI=1S/C17H20BrFN2/c1-11(2)12-3-5-13(6-4-12)17(21-20)10-14-9-15(19)7-8-16(14)18/h3-9,11,17,21H,10,20H2,1-2H3. The van der Waals surface area contributed by atoms with Gasteiger partial charge in [-0.25, -0.2) is 4.39 Å². The second-order valence-electron chi connectivity index (χ2n) is 5.48. The molecule has 0 bridgehead atoms. The van der Waals surface area contributed by atoms with Crippen LogP contribution in [0.1, 0.15) is 42.5 Å². The molecule has 2 aromatic rings. The lowest BCUT2D eigenvalue weighted by molar-refractivity contribution is 0.547. The largest absolute Gasteiger partial charge is 0.271 e. The first-order valence-corrected chi connectivity index (χ1v) is 7.80. The van der Waals surface area contributed by atoms with Crippen molar-refractivity contribution in [1.29, 1.82) is 0 Å². The molecule has 2 rings (SSSR count). The molecule has 1 unspecified atom stereocenters. The van der Waals surface area contributed by atoms with Gasteiger partial charge in [-0.2, -0.15) is 0 Å². The highest BCUT2D eigenvalue weighted by Crippen LogP contribution is 2.25. The molecule has 4 heteroatoms. The van der Waals surface area contributed by atoms with E-state index >= 15 is 0 Å². The molecule has 0 amide bonds. The zero-order chi connectivity index (χ0) is 15.4. The van der Waals surface area contributed by atoms with Gasteiger partial charge in [0.1, 0.15) is 5.82 Å². The van der Waals surface area contributed by atoms with Crippen LogP contribution in [-0.4, -0.2) is 0 Å². The SMILES string of the molecule is CC(C)c1ccc(C(Cc2cc(F)ccc2Br)NN)cc1. The Labute approximate surface area is 133 Å². The smallest absolute Gasteiger partial charge is 0.123 e. The molecule has 0 aliphatic carbocycles. The van der Waals surface area contributed by atoms with Crippen molar-refractivity contribution in [3.8, 4) is 0 Å². The van der Waals surface area contributed by atoms with Crippen LogP contribution in [0.15, 0.2) is 46.9 Å². The van der Waals surface area contributed by atoms with Gasteiger partial charge in [-0.1, -0.05) is 54.0 Å². The van der Waals surface area contributed by atoms with Gasteiger partial charge >= 0.3 is 0 Å². The molecule has 0 aliphatic heterocycles. The van der Waals surface area contributed by atoms with E-state index in [0.717, 1.165) is 15.6 Å². The third kappa shape index (κ3) is 4.13. The van der Waals surface area contributed by atoms with Crippen LogP contribution in [0.3, 0.4) is 0 Å². The maximum Gasteiger partial charge on any atom is 0.123 e. The van der Waals surface area contributed by atoms with Gasteiger partial charge in [0.15, 0.2) is 0 Å². The molecule has 112 valence electrons. The molecule has 3 N–H and O–H groups in total. The van der Waals surface area contributed by atoms with Crippen LogP contribution >= 0.6 is 15.9 Å². The van der Waals surface area contributed by atoms with Crippen LogP contribution in [0.5, 0.6) is 0 Å². The Balaban J connectivity index is 2.21. The molecular weight excluding hydrogens is 331 g/mol. The zero-order valence-corrected chi connectivity index (χ0v) is 13.8. The topological polar surface area (TPSA) is 38.0 Å². The molecule has 2 aromatic carbocycles. The van der Waals surface area contributed by atoms with E-state index < -0.39 is 0 Å². The predicted octanol–water partition coefficient (Wildman–Crippen LogP) is 4.46. The molecule has 0 spiro atoms. The molecule has 1 atom stereocenters. The van der Waals surface area contributed by atoms with Crippen molar-refractivity contribution in [1.82, 2.24) is 5.43 Å². The van der Waals surface area contributed by atoms with Crippen LogP contribution < -0.4 is 11.3 Å². The Bertz CT molecular complexity index is 596. The Morgan fingerprint density at radius 3 is 2.29 bits per heavy atom. The summed E-state index contributed by atoms with van der Waals surface area (Å²) in [5, 5.41) is 0. The van der Waals surface area contributed by atoms with Gasteiger partial charge < -0.3 is 0 Å². The number of rotatable bonds is 5. The number of halogens is 2. The highest BCUT2D eigenvalue weighted by atomic mass is 79.9. The molecule has 21 heavy (non-hydrogen) atoms. The van der Waals surface area contributed by atoms with E-state index in [1.165, 1.54) is 17.7 Å². The quantitative estimate of drug-likeness (QED) is 0.617. The van der Waals surface area contributed by atoms with Crippen LogP contribution in [0.2, 0.25) is 0 Å². The third-order valence-electron chi connectivity index (χ3n) is 3.64. The fourth-order valence-electron chi connectivity index (χ4n) is 2.31. The van der Waals surface area contributed by atoms with Crippen molar-refractivity contribution < 1.29 is 4.39 Å². The van der Waals surface area contributed by atoms with E-state index in [2.05, 4.69) is 59.5 Å². The summed E-state index contributed by atoms with van der Waals surface area (Å²) in [5.41, 5.74) is 6.10. The number of nitrogens with one attached hydrogen (secondary N) is 1. The summed E-state index contributed by atoms with van der Waals surface area (Å²) < 4.78 is 14.3. The zero-order valence-electron chi connectivity index (χ0n) is 12.2. The molecule has 0 fully saturated rings. The summed E-state index contributed by atoms with van der Waals surface area (Å²) in [6, 6.07) is 13.0. The lowest BCUT2D eigenvalue weighted by Gasteiger charge is -2.18. The molecule has 0 saturated heterocycles. The van der Waals surface area contributed by atoms with Gasteiger partial charge in [0.2, 0.25) is 0 Å². The van der Waals surface area contributed by atoms with E-state index in [0.29, 0.717) is 12.3 Å². The van der Waals surface area contributed by atoms with Crippen molar-refractivity contribution in [3.63, 3.8) is 0 Å². The van der Waals surface area contributed by atoms with E-state index in [1.54, 1.807) is 6.07 Å². The molecule has 0 aliphatic rings. The van der Waals surface area contributed by atoms with Gasteiger partial charge in [0.05, 0.1) is 6.04 Å². The van der Waals surface area contributed by atoms with Crippen molar-refractivity contribution in [2.45, 2.75) is 32.2 Å². The average Bonchev–Trinajstić information content (AvgIpc) is 2.48. The van der Waals surface area contributed by atoms with Crippen LogP contribution in [-0.2, 0) is 6.42 Å². The summed E-state index contributed by atoms with van der Waals surface area (Å²) in [4.78, 5) is 0. The Kier molecular flexibility index (Phi) is 5.51. The summed E-state index contributed by atoms with van der Waals surface area (Å²) in [6.45, 7) is 4.33. The number of hydrogen-bond acceptors (Lipinski definition) is 2. The Hall–Kier alpha value is -1.23. The van der Waals surface area contributed by atoms with Gasteiger partial charge in [-0.15, -0.1) is 0 Å². The first kappa shape index (κ1) is 16.1. The van der Waals surface area contributed by atoms with Crippen molar-refractivity contribution in [2.24, 2.45) is 5.84 Å². The minimum absolute atomic E-state index is 0.0516. The predicted molar refractivity (Wildman–Crippen MR) is 88.4 cm³/mol. The molecule has 0 radical (unpaired) electrons. The number of benzene rings is 2. The molecule has 0 saturated carbocycles. The minimum atomic E-state index is -0.237. The summed E-state index contributed by atoms with van der Waals surface area (Å²) in [7, 11) is 0. The van der Waals surface area contributed by atoms with Gasteiger partial charge in [0, 0.05) is 4.47 Å². The minimum Gasteiger partial charge on any atom is -0.271 e. The Morgan fingerprint density at radius 2 is 1.71 bits per heavy atom.